The molecule has 4 nitrogen and oxygen atoms in total. The molecule has 2 saturated heterocycles. The quantitative estimate of drug-likeness (QED) is 0.819. The van der Waals surface area contributed by atoms with Gasteiger partial charge >= 0.3 is 0 Å². The van der Waals surface area contributed by atoms with Crippen LogP contribution in [0.25, 0.3) is 5.52 Å². The molecule has 0 saturated carbocycles. The third kappa shape index (κ3) is 2.01. The van der Waals surface area contributed by atoms with Gasteiger partial charge in [0.25, 0.3) is 5.91 Å². The van der Waals surface area contributed by atoms with E-state index in [0.29, 0.717) is 17.6 Å². The minimum atomic E-state index is -0.0129. The largest absolute Gasteiger partial charge is 0.348 e. The van der Waals surface area contributed by atoms with Gasteiger partial charge in [0.15, 0.2) is 0 Å². The number of hydrogen-bond acceptors (Lipinski definition) is 2. The van der Waals surface area contributed by atoms with Gasteiger partial charge in [-0.3, -0.25) is 4.79 Å². The topological polar surface area (TPSA) is 45.5 Å². The lowest BCUT2D eigenvalue weighted by atomic mass is 9.95. The Bertz CT molecular complexity index is 755. The van der Waals surface area contributed by atoms with E-state index in [2.05, 4.69) is 16.6 Å². The van der Waals surface area contributed by atoms with E-state index in [-0.39, 0.29) is 11.9 Å². The van der Waals surface area contributed by atoms with Gasteiger partial charge < -0.3 is 15.0 Å². The van der Waals surface area contributed by atoms with Crippen LogP contribution in [0.1, 0.15) is 35.2 Å². The number of aromatic nitrogens is 1. The molecule has 4 heteroatoms. The summed E-state index contributed by atoms with van der Waals surface area (Å²) in [7, 11) is 0. The molecule has 4 rings (SSSR count). The summed E-state index contributed by atoms with van der Waals surface area (Å²) in [5, 5.41) is 6.69. The van der Waals surface area contributed by atoms with Crippen LogP contribution >= 0.6 is 0 Å². The van der Waals surface area contributed by atoms with Gasteiger partial charge in [0.05, 0.1) is 5.52 Å². The zero-order valence-electron chi connectivity index (χ0n) is 11.7. The van der Waals surface area contributed by atoms with Crippen LogP contribution in [-0.4, -0.2) is 28.4 Å². The molecule has 0 aliphatic carbocycles. The highest BCUT2D eigenvalue weighted by molar-refractivity contribution is 5.95. The lowest BCUT2D eigenvalue weighted by Gasteiger charge is -2.21. The number of nitrogens with one attached hydrogen (secondary N) is 2. The molecular weight excluding hydrogens is 262 g/mol. The predicted molar refractivity (Wildman–Crippen MR) is 81.1 cm³/mol. The molecule has 2 N–H and O–H groups in total. The van der Waals surface area contributed by atoms with Crippen LogP contribution in [0.5, 0.6) is 0 Å². The van der Waals surface area contributed by atoms with Gasteiger partial charge in [0.1, 0.15) is 0 Å². The van der Waals surface area contributed by atoms with Gasteiger partial charge in [0.2, 0.25) is 0 Å². The second kappa shape index (κ2) is 4.64. The van der Waals surface area contributed by atoms with E-state index < -0.39 is 0 Å². The molecule has 4 heterocycles. The van der Waals surface area contributed by atoms with Gasteiger partial charge in [-0.1, -0.05) is 5.92 Å². The number of pyridine rings is 1. The average molecular weight is 279 g/mol. The minimum Gasteiger partial charge on any atom is -0.348 e. The van der Waals surface area contributed by atoms with Crippen LogP contribution < -0.4 is 10.6 Å². The van der Waals surface area contributed by atoms with E-state index in [1.807, 2.05) is 35.0 Å². The first-order valence-corrected chi connectivity index (χ1v) is 7.39. The standard InChI is InChI=1S/C17H17N3O/c1-2-11-5-7-20-8-6-12(9-16(11)20)17(21)19-15-10-13-3-4-14(15)18-13/h1,5-9,13-15,18H,3-4,10H2,(H,19,21)/t13-,14+,15-/m1/s1. The number of nitrogens with zero attached hydrogens (tertiary/aromatic N) is 1. The summed E-state index contributed by atoms with van der Waals surface area (Å²) < 4.78 is 1.94. The Morgan fingerprint density at radius 3 is 2.95 bits per heavy atom. The van der Waals surface area contributed by atoms with Crippen LogP contribution in [0.2, 0.25) is 0 Å². The van der Waals surface area contributed by atoms with Crippen molar-refractivity contribution in [2.75, 3.05) is 0 Å². The van der Waals surface area contributed by atoms with Crippen molar-refractivity contribution in [1.29, 1.82) is 0 Å². The number of hydrogen-bond donors (Lipinski definition) is 2. The van der Waals surface area contributed by atoms with Gasteiger partial charge in [-0.05, 0) is 37.5 Å². The molecule has 2 aliphatic rings. The molecule has 106 valence electrons. The fourth-order valence-corrected chi connectivity index (χ4v) is 3.60. The molecule has 0 spiro atoms. The van der Waals surface area contributed by atoms with Gasteiger partial charge in [-0.25, -0.2) is 0 Å². The van der Waals surface area contributed by atoms with Crippen molar-refractivity contribution in [3.8, 4) is 12.3 Å². The average Bonchev–Trinajstić information content (AvgIpc) is 3.21. The smallest absolute Gasteiger partial charge is 0.251 e. The van der Waals surface area contributed by atoms with Crippen molar-refractivity contribution in [3.63, 3.8) is 0 Å². The lowest BCUT2D eigenvalue weighted by molar-refractivity contribution is 0.0931. The molecule has 1 amide bonds. The molecule has 2 aromatic heterocycles. The van der Waals surface area contributed by atoms with E-state index in [1.165, 1.54) is 6.42 Å². The first-order chi connectivity index (χ1) is 10.2. The lowest BCUT2D eigenvalue weighted by Crippen LogP contribution is -2.42. The van der Waals surface area contributed by atoms with E-state index in [1.54, 1.807) is 0 Å². The fourth-order valence-electron chi connectivity index (χ4n) is 3.60. The number of fused-ring (bicyclic) bond motifs is 3. The van der Waals surface area contributed by atoms with Crippen LogP contribution in [-0.2, 0) is 0 Å². The van der Waals surface area contributed by atoms with Gasteiger partial charge in [0, 0.05) is 41.6 Å². The Morgan fingerprint density at radius 2 is 2.24 bits per heavy atom. The number of carbonyl (C=O) groups excluding carboxylic acids is 1. The highest BCUT2D eigenvalue weighted by Gasteiger charge is 2.39. The molecule has 2 aliphatic heterocycles. The molecule has 21 heavy (non-hydrogen) atoms. The number of rotatable bonds is 2. The molecule has 2 aromatic rings. The number of amides is 1. The molecular formula is C17H17N3O. The van der Waals surface area contributed by atoms with E-state index >= 15 is 0 Å². The maximum atomic E-state index is 12.4. The first-order valence-electron chi connectivity index (χ1n) is 7.39. The van der Waals surface area contributed by atoms with Gasteiger partial charge in [-0.15, -0.1) is 6.42 Å². The van der Waals surface area contributed by atoms with Crippen LogP contribution in [0.15, 0.2) is 30.6 Å². The van der Waals surface area contributed by atoms with E-state index in [4.69, 9.17) is 6.42 Å². The van der Waals surface area contributed by atoms with Crippen molar-refractivity contribution in [3.05, 3.63) is 41.7 Å². The maximum Gasteiger partial charge on any atom is 0.251 e. The second-order valence-electron chi connectivity index (χ2n) is 5.94. The fraction of sp³-hybridized carbons (Fsp3) is 0.353. The first kappa shape index (κ1) is 12.5. The number of carbonyl (C=O) groups is 1. The zero-order chi connectivity index (χ0) is 14.4. The minimum absolute atomic E-state index is 0.0129. The van der Waals surface area contributed by atoms with E-state index in [0.717, 1.165) is 23.9 Å². The summed E-state index contributed by atoms with van der Waals surface area (Å²) in [6, 6.07) is 6.87. The molecule has 0 unspecified atom stereocenters. The van der Waals surface area contributed by atoms with Crippen LogP contribution in [0, 0.1) is 12.3 Å². The highest BCUT2D eigenvalue weighted by Crippen LogP contribution is 2.28. The van der Waals surface area contributed by atoms with Crippen LogP contribution in [0.4, 0.5) is 0 Å². The summed E-state index contributed by atoms with van der Waals surface area (Å²) in [6.45, 7) is 0. The Balaban J connectivity index is 1.58. The van der Waals surface area contributed by atoms with Crippen molar-refractivity contribution in [2.24, 2.45) is 0 Å². The summed E-state index contributed by atoms with van der Waals surface area (Å²) in [4.78, 5) is 12.4. The van der Waals surface area contributed by atoms with Gasteiger partial charge in [-0.2, -0.15) is 0 Å². The van der Waals surface area contributed by atoms with Crippen molar-refractivity contribution in [1.82, 2.24) is 15.0 Å². The number of terminal acetylenes is 1. The predicted octanol–water partition coefficient (Wildman–Crippen LogP) is 1.54. The molecule has 2 fully saturated rings. The Hall–Kier alpha value is -2.25. The van der Waals surface area contributed by atoms with Crippen molar-refractivity contribution >= 4 is 11.4 Å². The molecule has 2 bridgehead atoms. The van der Waals surface area contributed by atoms with Crippen LogP contribution in [0.3, 0.4) is 0 Å². The highest BCUT2D eigenvalue weighted by atomic mass is 16.1. The molecule has 3 atom stereocenters. The van der Waals surface area contributed by atoms with E-state index in [9.17, 15) is 4.79 Å². The third-order valence-corrected chi connectivity index (χ3v) is 4.70. The monoisotopic (exact) mass is 279 g/mol. The molecule has 0 aromatic carbocycles. The van der Waals surface area contributed by atoms with Crippen molar-refractivity contribution < 1.29 is 4.79 Å². The second-order valence-corrected chi connectivity index (χ2v) is 5.94. The normalized spacial score (nSPS) is 26.9. The summed E-state index contributed by atoms with van der Waals surface area (Å²) in [5.41, 5.74) is 2.38. The SMILES string of the molecule is C#Cc1ccn2ccc(C(=O)N[C@@H]3C[C@H]4CC[C@@H]3N4)cc12. The Kier molecular flexibility index (Phi) is 2.76. The van der Waals surface area contributed by atoms with Crippen molar-refractivity contribution in [2.45, 2.75) is 37.4 Å². The summed E-state index contributed by atoms with van der Waals surface area (Å²) in [5.74, 6) is 2.64. The Morgan fingerprint density at radius 1 is 1.38 bits per heavy atom. The zero-order valence-corrected chi connectivity index (χ0v) is 11.7. The third-order valence-electron chi connectivity index (χ3n) is 4.70. The Labute approximate surface area is 123 Å². The molecule has 0 radical (unpaired) electrons. The summed E-state index contributed by atoms with van der Waals surface area (Å²) in [6.07, 6.45) is 12.7. The summed E-state index contributed by atoms with van der Waals surface area (Å²) >= 11 is 0. The maximum absolute atomic E-state index is 12.4.